The van der Waals surface area contributed by atoms with E-state index in [1.54, 1.807) is 23.9 Å². The molecule has 0 aromatic heterocycles. The van der Waals surface area contributed by atoms with E-state index in [-0.39, 0.29) is 5.82 Å². The van der Waals surface area contributed by atoms with Crippen molar-refractivity contribution in [2.75, 3.05) is 0 Å². The van der Waals surface area contributed by atoms with Crippen molar-refractivity contribution < 1.29 is 4.39 Å². The highest BCUT2D eigenvalue weighted by Gasteiger charge is 2.34. The second kappa shape index (κ2) is 5.73. The van der Waals surface area contributed by atoms with E-state index in [1.807, 2.05) is 17.8 Å². The van der Waals surface area contributed by atoms with Gasteiger partial charge in [-0.2, -0.15) is 0 Å². The number of hydrogen-bond acceptors (Lipinski definition) is 2. The second-order valence-electron chi connectivity index (χ2n) is 8.57. The van der Waals surface area contributed by atoms with Crippen molar-refractivity contribution in [3.63, 3.8) is 0 Å². The molecule has 0 N–H and O–H groups in total. The summed E-state index contributed by atoms with van der Waals surface area (Å²) in [5.41, 5.74) is 7.85. The maximum atomic E-state index is 14.1. The Labute approximate surface area is 187 Å². The van der Waals surface area contributed by atoms with Gasteiger partial charge in [0.2, 0.25) is 0 Å². The monoisotopic (exact) mass is 434 g/mol. The van der Waals surface area contributed by atoms with E-state index in [0.29, 0.717) is 5.25 Å². The zero-order chi connectivity index (χ0) is 20.3. The van der Waals surface area contributed by atoms with E-state index in [2.05, 4.69) is 54.6 Å². The molecule has 0 spiro atoms. The first-order valence-corrected chi connectivity index (χ1v) is 12.2. The molecular formula is C28H15FS2. The summed E-state index contributed by atoms with van der Waals surface area (Å²) < 4.78 is 14.1. The van der Waals surface area contributed by atoms with Crippen molar-refractivity contribution in [2.24, 2.45) is 0 Å². The van der Waals surface area contributed by atoms with Gasteiger partial charge in [-0.1, -0.05) is 54.2 Å². The SMILES string of the molecule is Fc1ccc2c(c1)-c1ccc3c4c1c(cc1ccc5c(c14)C(C3)Sc1ccccc1-5)S2. The van der Waals surface area contributed by atoms with Gasteiger partial charge in [-0.05, 0) is 86.3 Å². The van der Waals surface area contributed by atoms with Gasteiger partial charge in [0.1, 0.15) is 5.82 Å². The number of hydrogen-bond donors (Lipinski definition) is 0. The molecule has 3 heteroatoms. The summed E-state index contributed by atoms with van der Waals surface area (Å²) in [7, 11) is 0. The standard InChI is InChI=1S/C28H15FS2/c29-16-7-10-22-20(13-16)19-9-6-15-11-23-27-18(17-3-1-2-4-21(17)30-23)8-5-14-12-24(31-22)28(19)26(15)25(14)27/h1-10,12-13,23H,11H2. The largest absolute Gasteiger partial charge is 0.207 e. The number of fused-ring (bicyclic) bond motifs is 4. The van der Waals surface area contributed by atoms with Crippen molar-refractivity contribution in [1.82, 2.24) is 0 Å². The van der Waals surface area contributed by atoms with Crippen LogP contribution in [0.2, 0.25) is 0 Å². The fourth-order valence-corrected chi connectivity index (χ4v) is 8.29. The molecule has 0 saturated carbocycles. The average molecular weight is 435 g/mol. The second-order valence-corrected chi connectivity index (χ2v) is 10.9. The molecule has 3 aliphatic rings. The molecule has 2 aliphatic heterocycles. The van der Waals surface area contributed by atoms with Crippen LogP contribution >= 0.6 is 23.5 Å². The minimum Gasteiger partial charge on any atom is -0.207 e. The molecule has 1 aliphatic carbocycles. The van der Waals surface area contributed by atoms with Gasteiger partial charge in [-0.25, -0.2) is 4.39 Å². The minimum absolute atomic E-state index is 0.168. The molecule has 1 unspecified atom stereocenters. The molecule has 0 nitrogen and oxygen atoms in total. The van der Waals surface area contributed by atoms with Gasteiger partial charge in [0.15, 0.2) is 0 Å². The molecule has 8 rings (SSSR count). The Kier molecular flexibility index (Phi) is 3.12. The summed E-state index contributed by atoms with van der Waals surface area (Å²) in [6.07, 6.45) is 1.04. The van der Waals surface area contributed by atoms with Crippen molar-refractivity contribution in [1.29, 1.82) is 0 Å². The van der Waals surface area contributed by atoms with Crippen LogP contribution in [0.3, 0.4) is 0 Å². The first-order valence-electron chi connectivity index (χ1n) is 10.6. The fourth-order valence-electron chi connectivity index (χ4n) is 5.75. The summed E-state index contributed by atoms with van der Waals surface area (Å²) in [6.45, 7) is 0. The van der Waals surface area contributed by atoms with E-state index >= 15 is 0 Å². The highest BCUT2D eigenvalue weighted by atomic mass is 32.2. The summed E-state index contributed by atoms with van der Waals surface area (Å²) in [4.78, 5) is 3.81. The Hall–Kier alpha value is -2.75. The fraction of sp³-hybridized carbons (Fsp3) is 0.0714. The van der Waals surface area contributed by atoms with Gasteiger partial charge in [0.25, 0.3) is 0 Å². The van der Waals surface area contributed by atoms with E-state index in [1.165, 1.54) is 59.2 Å². The molecule has 0 bridgehead atoms. The molecule has 1 atom stereocenters. The van der Waals surface area contributed by atoms with E-state index in [0.717, 1.165) is 16.9 Å². The van der Waals surface area contributed by atoms with Gasteiger partial charge < -0.3 is 0 Å². The Balaban J connectivity index is 1.57. The Bertz CT molecular complexity index is 1630. The number of rotatable bonds is 0. The molecule has 0 radical (unpaired) electrons. The predicted molar refractivity (Wildman–Crippen MR) is 129 cm³/mol. The third kappa shape index (κ3) is 2.09. The zero-order valence-corrected chi connectivity index (χ0v) is 18.0. The van der Waals surface area contributed by atoms with Gasteiger partial charge in [-0.15, -0.1) is 11.8 Å². The van der Waals surface area contributed by atoms with Gasteiger partial charge in [0, 0.05) is 25.3 Å². The lowest BCUT2D eigenvalue weighted by atomic mass is 9.80. The molecule has 31 heavy (non-hydrogen) atoms. The molecule has 146 valence electrons. The van der Waals surface area contributed by atoms with Gasteiger partial charge >= 0.3 is 0 Å². The summed E-state index contributed by atoms with van der Waals surface area (Å²) in [6, 6.07) is 25.5. The molecule has 0 saturated heterocycles. The first kappa shape index (κ1) is 16.9. The van der Waals surface area contributed by atoms with Crippen LogP contribution in [0.25, 0.3) is 43.8 Å². The maximum Gasteiger partial charge on any atom is 0.123 e. The number of benzene rings is 5. The normalized spacial score (nSPS) is 17.1. The van der Waals surface area contributed by atoms with Crippen molar-refractivity contribution in [3.8, 4) is 22.3 Å². The van der Waals surface area contributed by atoms with E-state index < -0.39 is 0 Å². The molecular weight excluding hydrogens is 419 g/mol. The third-order valence-corrected chi connectivity index (χ3v) is 9.39. The van der Waals surface area contributed by atoms with Crippen molar-refractivity contribution in [2.45, 2.75) is 26.4 Å². The zero-order valence-electron chi connectivity index (χ0n) is 16.4. The van der Waals surface area contributed by atoms with Gasteiger partial charge in [-0.3, -0.25) is 0 Å². The topological polar surface area (TPSA) is 0 Å². The van der Waals surface area contributed by atoms with Gasteiger partial charge in [0.05, 0.1) is 0 Å². The van der Waals surface area contributed by atoms with Crippen LogP contribution in [-0.4, -0.2) is 0 Å². The van der Waals surface area contributed by atoms with Crippen LogP contribution in [0.4, 0.5) is 4.39 Å². The lowest BCUT2D eigenvalue weighted by molar-refractivity contribution is 0.627. The lowest BCUT2D eigenvalue weighted by Gasteiger charge is -2.34. The minimum atomic E-state index is -0.168. The molecule has 0 amide bonds. The Morgan fingerprint density at radius 3 is 2.55 bits per heavy atom. The quantitative estimate of drug-likeness (QED) is 0.219. The molecule has 5 aromatic rings. The summed E-state index contributed by atoms with van der Waals surface area (Å²) >= 11 is 3.79. The van der Waals surface area contributed by atoms with Crippen LogP contribution in [-0.2, 0) is 6.42 Å². The number of halogens is 1. The lowest BCUT2D eigenvalue weighted by Crippen LogP contribution is -2.12. The highest BCUT2D eigenvalue weighted by Crippen LogP contribution is 2.59. The molecule has 5 aromatic carbocycles. The maximum absolute atomic E-state index is 14.1. The first-order chi connectivity index (χ1) is 15.3. The van der Waals surface area contributed by atoms with E-state index in [4.69, 9.17) is 0 Å². The van der Waals surface area contributed by atoms with Crippen molar-refractivity contribution in [3.05, 3.63) is 89.7 Å². The summed E-state index contributed by atoms with van der Waals surface area (Å²) in [5, 5.41) is 5.87. The van der Waals surface area contributed by atoms with Crippen LogP contribution in [0.5, 0.6) is 0 Å². The van der Waals surface area contributed by atoms with Crippen LogP contribution in [0, 0.1) is 5.82 Å². The van der Waals surface area contributed by atoms with Crippen molar-refractivity contribution >= 4 is 45.1 Å². The van der Waals surface area contributed by atoms with E-state index in [9.17, 15) is 4.39 Å². The highest BCUT2D eigenvalue weighted by molar-refractivity contribution is 8.00. The summed E-state index contributed by atoms with van der Waals surface area (Å²) in [5.74, 6) is -0.168. The van der Waals surface area contributed by atoms with Crippen LogP contribution in [0.1, 0.15) is 16.4 Å². The molecule has 2 heterocycles. The van der Waals surface area contributed by atoms with Crippen LogP contribution in [0.15, 0.2) is 87.5 Å². The Morgan fingerprint density at radius 1 is 0.677 bits per heavy atom. The smallest absolute Gasteiger partial charge is 0.123 e. The third-order valence-electron chi connectivity index (χ3n) is 6.98. The van der Waals surface area contributed by atoms with Crippen LogP contribution < -0.4 is 0 Å². The average Bonchev–Trinajstić information content (AvgIpc) is 2.80. The Morgan fingerprint density at radius 2 is 1.58 bits per heavy atom. The predicted octanol–water partition coefficient (Wildman–Crippen LogP) is 8.63. The number of thioether (sulfide) groups is 1. The molecule has 0 fully saturated rings.